The number of amides is 6. The van der Waals surface area contributed by atoms with E-state index in [1.54, 1.807) is 71.0 Å². The van der Waals surface area contributed by atoms with E-state index < -0.39 is 77.4 Å². The van der Waals surface area contributed by atoms with Crippen molar-refractivity contribution in [3.8, 4) is 5.75 Å². The number of rotatable bonds is 20. The number of carbonyl (C=O) groups excluding carboxylic acids is 7. The normalized spacial score (nSPS) is 14.0. The number of benzene rings is 3. The molecule has 16 nitrogen and oxygen atoms in total. The zero-order valence-corrected chi connectivity index (χ0v) is 38.2. The van der Waals surface area contributed by atoms with Crippen LogP contribution in [-0.2, 0) is 46.5 Å². The van der Waals surface area contributed by atoms with Gasteiger partial charge in [0.1, 0.15) is 48.2 Å². The summed E-state index contributed by atoms with van der Waals surface area (Å²) in [4.78, 5) is 95.2. The molecule has 0 aromatic heterocycles. The predicted molar refractivity (Wildman–Crippen MR) is 239 cm³/mol. The van der Waals surface area contributed by atoms with E-state index in [9.17, 15) is 33.6 Å². The van der Waals surface area contributed by atoms with Crippen LogP contribution >= 0.6 is 0 Å². The van der Waals surface area contributed by atoms with Crippen molar-refractivity contribution >= 4 is 47.3 Å². The first-order valence-electron chi connectivity index (χ1n) is 21.1. The number of ether oxygens (including phenoxy) is 3. The fourth-order valence-electron chi connectivity index (χ4n) is 6.24. The molecule has 0 fully saturated rings. The van der Waals surface area contributed by atoms with E-state index in [1.807, 2.05) is 50.2 Å². The predicted octanol–water partition coefficient (Wildman–Crippen LogP) is 4.83. The zero-order valence-electron chi connectivity index (χ0n) is 38.2. The van der Waals surface area contributed by atoms with E-state index in [-0.39, 0.29) is 30.4 Å². The molecule has 63 heavy (non-hydrogen) atoms. The third-order valence-electron chi connectivity index (χ3n) is 10.2. The van der Waals surface area contributed by atoms with Crippen LogP contribution in [0.3, 0.4) is 0 Å². The summed E-state index contributed by atoms with van der Waals surface area (Å²) in [6.07, 6.45) is -0.200. The van der Waals surface area contributed by atoms with Crippen LogP contribution < -0.4 is 36.2 Å². The summed E-state index contributed by atoms with van der Waals surface area (Å²) < 4.78 is 16.2. The van der Waals surface area contributed by atoms with Crippen molar-refractivity contribution in [2.75, 3.05) is 19.1 Å². The van der Waals surface area contributed by atoms with E-state index in [4.69, 9.17) is 14.2 Å². The summed E-state index contributed by atoms with van der Waals surface area (Å²) in [6, 6.07) is 17.6. The van der Waals surface area contributed by atoms with Crippen molar-refractivity contribution in [1.29, 1.82) is 0 Å². The van der Waals surface area contributed by atoms with E-state index in [1.165, 1.54) is 39.0 Å². The molecule has 3 rings (SSSR count). The lowest BCUT2D eigenvalue weighted by Crippen LogP contribution is -2.56. The molecule has 0 bridgehead atoms. The largest absolute Gasteiger partial charge is 0.489 e. The molecule has 0 spiro atoms. The molecule has 0 heterocycles. The van der Waals surface area contributed by atoms with E-state index in [2.05, 4.69) is 26.6 Å². The molecule has 342 valence electrons. The molecule has 6 atom stereocenters. The minimum absolute atomic E-state index is 0.0368. The molecule has 16 heteroatoms. The quantitative estimate of drug-likeness (QED) is 0.0977. The van der Waals surface area contributed by atoms with Crippen LogP contribution in [0.4, 0.5) is 10.5 Å². The first-order chi connectivity index (χ1) is 29.6. The van der Waals surface area contributed by atoms with E-state index >= 15 is 0 Å². The number of alkyl carbamates (subject to hydrolysis) is 1. The second-order valence-corrected chi connectivity index (χ2v) is 16.8. The van der Waals surface area contributed by atoms with Gasteiger partial charge in [-0.05, 0) is 76.3 Å². The number of para-hydroxylation sites is 1. The Hall–Kier alpha value is -6.45. The summed E-state index contributed by atoms with van der Waals surface area (Å²) in [5, 5.41) is 13.4. The Bertz CT molecular complexity index is 2040. The first kappa shape index (κ1) is 50.9. The molecule has 0 aliphatic heterocycles. The van der Waals surface area contributed by atoms with Crippen molar-refractivity contribution < 1.29 is 47.8 Å². The number of hydrogen-bond acceptors (Lipinski definition) is 10. The van der Waals surface area contributed by atoms with Crippen LogP contribution in [0.25, 0.3) is 0 Å². The van der Waals surface area contributed by atoms with E-state index in [0.29, 0.717) is 23.4 Å². The lowest BCUT2D eigenvalue weighted by molar-refractivity contribution is -0.146. The smallest absolute Gasteiger partial charge is 0.408 e. The summed E-state index contributed by atoms with van der Waals surface area (Å²) in [6.45, 7) is 15.1. The fraction of sp³-hybridized carbons (Fsp3) is 0.468. The van der Waals surface area contributed by atoms with Crippen molar-refractivity contribution in [2.24, 2.45) is 11.8 Å². The van der Waals surface area contributed by atoms with Crippen LogP contribution in [0.1, 0.15) is 90.2 Å². The molecule has 0 saturated heterocycles. The van der Waals surface area contributed by atoms with Gasteiger partial charge in [-0.15, -0.1) is 0 Å². The van der Waals surface area contributed by atoms with Crippen molar-refractivity contribution in [1.82, 2.24) is 26.6 Å². The highest BCUT2D eigenvalue weighted by Crippen LogP contribution is 2.24. The van der Waals surface area contributed by atoms with Gasteiger partial charge in [0.15, 0.2) is 0 Å². The molecule has 0 aliphatic carbocycles. The summed E-state index contributed by atoms with van der Waals surface area (Å²) in [7, 11) is 2.74. The van der Waals surface area contributed by atoms with Crippen LogP contribution in [0.2, 0.25) is 0 Å². The Morgan fingerprint density at radius 1 is 0.698 bits per heavy atom. The molecular weight excluding hydrogens is 809 g/mol. The maximum absolute atomic E-state index is 14.4. The van der Waals surface area contributed by atoms with Crippen molar-refractivity contribution in [2.45, 2.75) is 118 Å². The number of methoxy groups -OCH3 is 1. The topological polar surface area (TPSA) is 211 Å². The number of likely N-dealkylation sites (N-methyl/N-ethyl adjacent to an activating group) is 1. The molecule has 0 saturated carbocycles. The Labute approximate surface area is 370 Å². The van der Waals surface area contributed by atoms with Gasteiger partial charge in [0.25, 0.3) is 5.91 Å². The van der Waals surface area contributed by atoms with Crippen LogP contribution in [0, 0.1) is 11.8 Å². The van der Waals surface area contributed by atoms with Gasteiger partial charge in [0.2, 0.25) is 23.6 Å². The first-order valence-corrected chi connectivity index (χ1v) is 21.1. The average molecular weight is 873 g/mol. The summed E-state index contributed by atoms with van der Waals surface area (Å²) in [5.74, 6) is -3.75. The maximum Gasteiger partial charge on any atom is 0.408 e. The third kappa shape index (κ3) is 15.8. The Balaban J connectivity index is 1.95. The monoisotopic (exact) mass is 872 g/mol. The van der Waals surface area contributed by atoms with Gasteiger partial charge in [-0.1, -0.05) is 88.7 Å². The highest BCUT2D eigenvalue weighted by Gasteiger charge is 2.34. The summed E-state index contributed by atoms with van der Waals surface area (Å²) >= 11 is 0. The van der Waals surface area contributed by atoms with Gasteiger partial charge in [0, 0.05) is 30.3 Å². The number of hydrogen-bond donors (Lipinski definition) is 5. The van der Waals surface area contributed by atoms with Gasteiger partial charge in [0.05, 0.1) is 7.11 Å². The summed E-state index contributed by atoms with van der Waals surface area (Å²) in [5.41, 5.74) is 0.818. The highest BCUT2D eigenvalue weighted by atomic mass is 16.6. The standard InChI is InChI=1S/C47H64N6O10/c1-12-29(4)39(43(57)51-38(28(2)3)45(59)61-11)52-42(56)36-26-34(24-23-33(36)27-62-35-21-17-14-18-22-35)53(10)44(58)37(25-32-19-15-13-16-20-32)50-41(55)30(5)48-40(54)31(6)49-46(60)63-47(7,8)9/h13-24,26,28-31,37-39H,12,25,27H2,1-11H3,(H,48,54)(H,49,60)(H,50,55)(H,51,57)(H,52,56)/t29?,30-,31-,37-,38-,39-/m0/s1. The molecule has 0 radical (unpaired) electrons. The molecular formula is C47H64N6O10. The Morgan fingerprint density at radius 3 is 1.86 bits per heavy atom. The van der Waals surface area contributed by atoms with Crippen molar-refractivity contribution in [3.63, 3.8) is 0 Å². The second kappa shape index (κ2) is 23.7. The molecule has 0 aliphatic rings. The fourth-order valence-corrected chi connectivity index (χ4v) is 6.24. The minimum atomic E-state index is -1.14. The zero-order chi connectivity index (χ0) is 47.0. The number of nitrogens with zero attached hydrogens (tertiary/aromatic N) is 1. The Morgan fingerprint density at radius 2 is 1.29 bits per heavy atom. The molecule has 1 unspecified atom stereocenters. The lowest BCUT2D eigenvalue weighted by Gasteiger charge is -2.28. The number of anilines is 1. The van der Waals surface area contributed by atoms with Crippen LogP contribution in [0.5, 0.6) is 5.75 Å². The number of nitrogens with one attached hydrogen (secondary N) is 5. The van der Waals surface area contributed by atoms with Crippen LogP contribution in [0.15, 0.2) is 78.9 Å². The van der Waals surface area contributed by atoms with Gasteiger partial charge in [-0.2, -0.15) is 0 Å². The molecule has 6 amide bonds. The number of esters is 1. The maximum atomic E-state index is 14.4. The molecule has 3 aromatic rings. The SMILES string of the molecule is CCC(C)[C@H](NC(=O)c1cc(N(C)C(=O)[C@H](Cc2ccccc2)NC(=O)[C@H](C)NC(=O)[C@H](C)NC(=O)OC(C)(C)C)ccc1COc1ccccc1)C(=O)N[C@H](C(=O)OC)C(C)C. The average Bonchev–Trinajstić information content (AvgIpc) is 3.24. The van der Waals surface area contributed by atoms with Gasteiger partial charge in [-0.3, -0.25) is 24.0 Å². The van der Waals surface area contributed by atoms with Gasteiger partial charge < -0.3 is 45.7 Å². The van der Waals surface area contributed by atoms with Crippen LogP contribution in [-0.4, -0.2) is 91.6 Å². The third-order valence-corrected chi connectivity index (χ3v) is 10.2. The van der Waals surface area contributed by atoms with E-state index in [0.717, 1.165) is 5.56 Å². The molecule has 3 aromatic carbocycles. The molecule has 5 N–H and O–H groups in total. The van der Waals surface area contributed by atoms with Gasteiger partial charge >= 0.3 is 12.1 Å². The number of carbonyl (C=O) groups is 7. The Kier molecular flexibility index (Phi) is 19.1. The lowest BCUT2D eigenvalue weighted by atomic mass is 9.96. The van der Waals surface area contributed by atoms with Crippen molar-refractivity contribution in [3.05, 3.63) is 95.6 Å². The highest BCUT2D eigenvalue weighted by molar-refractivity contribution is 6.03. The second-order valence-electron chi connectivity index (χ2n) is 16.8. The van der Waals surface area contributed by atoms with Gasteiger partial charge in [-0.25, -0.2) is 9.59 Å². The minimum Gasteiger partial charge on any atom is -0.489 e.